The topological polar surface area (TPSA) is 40.5 Å². The number of aliphatic hydroxyl groups excluding tert-OH is 1. The molecule has 0 amide bonds. The van der Waals surface area contributed by atoms with E-state index in [1.54, 1.807) is 0 Å². The maximum atomic E-state index is 11.0. The van der Waals surface area contributed by atoms with Crippen molar-refractivity contribution in [2.24, 2.45) is 56.7 Å². The fourth-order valence-electron chi connectivity index (χ4n) is 12.1. The SMILES string of the molecule is CC1(C)CCC[C@]2(C)[C@H]3CC[C@@H]4[C@@]5(C)CC[C@H](C(C)(O)CO)[C@@H]5CC[C@@]4(C)[C@]3(C)CC[C@@H]12. The van der Waals surface area contributed by atoms with Gasteiger partial charge in [-0.2, -0.15) is 0 Å². The van der Waals surface area contributed by atoms with Gasteiger partial charge in [-0.05, 0) is 128 Å². The molecule has 0 aromatic carbocycles. The van der Waals surface area contributed by atoms with Crippen molar-refractivity contribution in [2.45, 2.75) is 125 Å². The third kappa shape index (κ3) is 2.78. The van der Waals surface area contributed by atoms with Crippen LogP contribution in [-0.2, 0) is 0 Å². The van der Waals surface area contributed by atoms with Crippen LogP contribution in [0.3, 0.4) is 0 Å². The molecule has 5 aliphatic rings. The lowest BCUT2D eigenvalue weighted by atomic mass is 9.32. The van der Waals surface area contributed by atoms with E-state index in [-0.39, 0.29) is 12.5 Å². The number of hydrogen-bond donors (Lipinski definition) is 2. The second kappa shape index (κ2) is 6.99. The summed E-state index contributed by atoms with van der Waals surface area (Å²) in [4.78, 5) is 0. The van der Waals surface area contributed by atoms with E-state index in [2.05, 4.69) is 41.5 Å². The summed E-state index contributed by atoms with van der Waals surface area (Å²) in [5.41, 5.74) is 1.28. The van der Waals surface area contributed by atoms with Gasteiger partial charge in [0.25, 0.3) is 0 Å². The number of aliphatic hydroxyl groups is 2. The summed E-state index contributed by atoms with van der Waals surface area (Å²) < 4.78 is 0. The van der Waals surface area contributed by atoms with Crippen LogP contribution >= 0.6 is 0 Å². The van der Waals surface area contributed by atoms with Crippen LogP contribution in [0.15, 0.2) is 0 Å². The lowest BCUT2D eigenvalue weighted by Gasteiger charge is -2.73. The predicted octanol–water partition coefficient (Wildman–Crippen LogP) is 7.22. The van der Waals surface area contributed by atoms with Gasteiger partial charge < -0.3 is 10.2 Å². The molecule has 10 atom stereocenters. The van der Waals surface area contributed by atoms with Gasteiger partial charge in [0.1, 0.15) is 0 Å². The van der Waals surface area contributed by atoms with Crippen LogP contribution in [-0.4, -0.2) is 22.4 Å². The van der Waals surface area contributed by atoms with Crippen molar-refractivity contribution in [3.05, 3.63) is 0 Å². The molecule has 2 nitrogen and oxygen atoms in total. The smallest absolute Gasteiger partial charge is 0.0880 e. The first-order chi connectivity index (χ1) is 14.8. The summed E-state index contributed by atoms with van der Waals surface area (Å²) in [6, 6.07) is 0. The minimum atomic E-state index is -0.920. The van der Waals surface area contributed by atoms with E-state index in [1.807, 2.05) is 6.92 Å². The van der Waals surface area contributed by atoms with E-state index in [1.165, 1.54) is 64.2 Å². The van der Waals surface area contributed by atoms with Gasteiger partial charge in [-0.15, -0.1) is 0 Å². The van der Waals surface area contributed by atoms with Crippen LogP contribution in [0.25, 0.3) is 0 Å². The van der Waals surface area contributed by atoms with E-state index in [9.17, 15) is 10.2 Å². The van der Waals surface area contributed by atoms with Crippen molar-refractivity contribution in [1.29, 1.82) is 0 Å². The number of rotatable bonds is 2. The first-order valence-electron chi connectivity index (χ1n) is 14.1. The summed E-state index contributed by atoms with van der Waals surface area (Å²) in [6.45, 7) is 17.7. The molecule has 5 saturated carbocycles. The first-order valence-corrected chi connectivity index (χ1v) is 14.1. The number of hydrogen-bond acceptors (Lipinski definition) is 2. The summed E-state index contributed by atoms with van der Waals surface area (Å²) in [5.74, 6) is 3.37. The highest BCUT2D eigenvalue weighted by molar-refractivity contribution is 5.19. The van der Waals surface area contributed by atoms with E-state index >= 15 is 0 Å². The Balaban J connectivity index is 1.50. The largest absolute Gasteiger partial charge is 0.393 e. The van der Waals surface area contributed by atoms with Crippen molar-refractivity contribution >= 4 is 0 Å². The van der Waals surface area contributed by atoms with Gasteiger partial charge in [-0.1, -0.05) is 48.0 Å². The van der Waals surface area contributed by atoms with Gasteiger partial charge in [0.05, 0.1) is 12.2 Å². The normalized spacial score (nSPS) is 56.3. The zero-order valence-corrected chi connectivity index (χ0v) is 22.3. The van der Waals surface area contributed by atoms with E-state index in [0.717, 1.165) is 24.2 Å². The van der Waals surface area contributed by atoms with Crippen molar-refractivity contribution < 1.29 is 10.2 Å². The Labute approximate surface area is 198 Å². The summed E-state index contributed by atoms with van der Waals surface area (Å²) in [5, 5.41) is 21.0. The van der Waals surface area contributed by atoms with Crippen LogP contribution in [0, 0.1) is 56.7 Å². The Morgan fingerprint density at radius 1 is 0.688 bits per heavy atom. The van der Waals surface area contributed by atoms with Crippen LogP contribution in [0.1, 0.15) is 119 Å². The summed E-state index contributed by atoms with van der Waals surface area (Å²) in [6.07, 6.45) is 14.9. The zero-order valence-electron chi connectivity index (χ0n) is 22.3. The molecule has 184 valence electrons. The molecular weight excluding hydrogens is 392 g/mol. The second-order valence-electron chi connectivity index (χ2n) is 15.3. The molecule has 2 heteroatoms. The van der Waals surface area contributed by atoms with E-state index in [0.29, 0.717) is 33.0 Å². The first kappa shape index (κ1) is 23.7. The second-order valence-corrected chi connectivity index (χ2v) is 15.3. The molecule has 0 bridgehead atoms. The molecule has 0 radical (unpaired) electrons. The Kier molecular flexibility index (Phi) is 5.17. The lowest BCUT2D eigenvalue weighted by Crippen LogP contribution is -2.66. The molecule has 32 heavy (non-hydrogen) atoms. The Morgan fingerprint density at radius 2 is 1.28 bits per heavy atom. The van der Waals surface area contributed by atoms with Crippen molar-refractivity contribution in [2.75, 3.05) is 6.61 Å². The fourth-order valence-corrected chi connectivity index (χ4v) is 12.1. The van der Waals surface area contributed by atoms with E-state index < -0.39 is 5.60 Å². The summed E-state index contributed by atoms with van der Waals surface area (Å²) in [7, 11) is 0. The third-order valence-electron chi connectivity index (χ3n) is 13.8. The maximum Gasteiger partial charge on any atom is 0.0880 e. The van der Waals surface area contributed by atoms with Crippen molar-refractivity contribution in [3.8, 4) is 0 Å². The fraction of sp³-hybridized carbons (Fsp3) is 1.00. The van der Waals surface area contributed by atoms with Crippen LogP contribution in [0.4, 0.5) is 0 Å². The molecule has 0 spiro atoms. The van der Waals surface area contributed by atoms with Gasteiger partial charge in [-0.3, -0.25) is 0 Å². The van der Waals surface area contributed by atoms with Crippen molar-refractivity contribution in [1.82, 2.24) is 0 Å². The average Bonchev–Trinajstić information content (AvgIpc) is 3.06. The van der Waals surface area contributed by atoms with E-state index in [4.69, 9.17) is 0 Å². The quantitative estimate of drug-likeness (QED) is 0.472. The predicted molar refractivity (Wildman–Crippen MR) is 132 cm³/mol. The molecule has 0 heterocycles. The highest BCUT2D eigenvalue weighted by Crippen LogP contribution is 2.78. The zero-order chi connectivity index (χ0) is 23.4. The molecule has 0 saturated heterocycles. The Bertz CT molecular complexity index is 756. The van der Waals surface area contributed by atoms with Gasteiger partial charge in [0, 0.05) is 0 Å². The average molecular weight is 445 g/mol. The molecule has 0 aliphatic heterocycles. The highest BCUT2D eigenvalue weighted by Gasteiger charge is 2.70. The molecule has 2 N–H and O–H groups in total. The molecule has 5 aliphatic carbocycles. The van der Waals surface area contributed by atoms with Gasteiger partial charge in [0.2, 0.25) is 0 Å². The summed E-state index contributed by atoms with van der Waals surface area (Å²) >= 11 is 0. The minimum absolute atomic E-state index is 0.0957. The van der Waals surface area contributed by atoms with Gasteiger partial charge in [0.15, 0.2) is 0 Å². The minimum Gasteiger partial charge on any atom is -0.393 e. The maximum absolute atomic E-state index is 11.0. The molecule has 0 aromatic rings. The highest BCUT2D eigenvalue weighted by atomic mass is 16.3. The standard InChI is InChI=1S/C30H52O2/c1-25(2)14-8-15-27(4)22(25)13-18-29(6)24(27)10-9-23-26(3)16-11-21(30(7,32)19-31)20(26)12-17-28(23,29)5/h20-24,31-32H,8-19H2,1-7H3/t20-,21-,22-,23+,24+,26-,27-,28+,29+,30?/m0/s1. The monoisotopic (exact) mass is 444 g/mol. The molecule has 5 rings (SSSR count). The third-order valence-corrected chi connectivity index (χ3v) is 13.8. The van der Waals surface area contributed by atoms with Crippen LogP contribution in [0.2, 0.25) is 0 Å². The van der Waals surface area contributed by atoms with Crippen LogP contribution in [0.5, 0.6) is 0 Å². The Hall–Kier alpha value is -0.0800. The van der Waals surface area contributed by atoms with Crippen LogP contribution < -0.4 is 0 Å². The molecule has 1 unspecified atom stereocenters. The molecule has 0 aromatic heterocycles. The van der Waals surface area contributed by atoms with Gasteiger partial charge >= 0.3 is 0 Å². The Morgan fingerprint density at radius 3 is 1.91 bits per heavy atom. The lowest BCUT2D eigenvalue weighted by molar-refractivity contribution is -0.243. The van der Waals surface area contributed by atoms with Crippen molar-refractivity contribution in [3.63, 3.8) is 0 Å². The molecule has 5 fully saturated rings. The number of fused-ring (bicyclic) bond motifs is 7. The molecular formula is C30H52O2. The van der Waals surface area contributed by atoms with Gasteiger partial charge in [-0.25, -0.2) is 0 Å².